The van der Waals surface area contributed by atoms with Crippen LogP contribution >= 0.6 is 0 Å². The summed E-state index contributed by atoms with van der Waals surface area (Å²) in [5.41, 5.74) is 0. The quantitative estimate of drug-likeness (QED) is 0.621. The zero-order valence-electron chi connectivity index (χ0n) is 13.6. The van der Waals surface area contributed by atoms with Crippen molar-refractivity contribution in [2.45, 2.75) is 71.1 Å². The monoisotopic (exact) mass is 282 g/mol. The lowest BCUT2D eigenvalue weighted by Gasteiger charge is -2.32. The molecule has 0 aromatic rings. The first kappa shape index (κ1) is 17.5. The molecular formula is C17H34N2O. The Morgan fingerprint density at radius 3 is 2.25 bits per heavy atom. The average molecular weight is 282 g/mol. The van der Waals surface area contributed by atoms with Crippen LogP contribution in [0.15, 0.2) is 0 Å². The van der Waals surface area contributed by atoms with Gasteiger partial charge in [-0.3, -0.25) is 4.79 Å². The largest absolute Gasteiger partial charge is 0.343 e. The summed E-state index contributed by atoms with van der Waals surface area (Å²) in [6.07, 6.45) is 12.1. The van der Waals surface area contributed by atoms with Crippen LogP contribution in [-0.2, 0) is 4.79 Å². The first-order valence-electron chi connectivity index (χ1n) is 8.70. The lowest BCUT2D eigenvalue weighted by Crippen LogP contribution is -2.40. The summed E-state index contributed by atoms with van der Waals surface area (Å²) in [6.45, 7) is 5.29. The van der Waals surface area contributed by atoms with Gasteiger partial charge in [0.2, 0.25) is 5.91 Å². The van der Waals surface area contributed by atoms with Crippen molar-refractivity contribution < 1.29 is 4.79 Å². The molecule has 1 saturated heterocycles. The second-order valence-electron chi connectivity index (χ2n) is 6.25. The van der Waals surface area contributed by atoms with Crippen LogP contribution in [0.4, 0.5) is 0 Å². The Hall–Kier alpha value is -0.570. The second kappa shape index (κ2) is 11.1. The summed E-state index contributed by atoms with van der Waals surface area (Å²) in [5.74, 6) is 1.16. The third-order valence-electron chi connectivity index (χ3n) is 4.45. The van der Waals surface area contributed by atoms with Crippen LogP contribution < -0.4 is 5.32 Å². The highest BCUT2D eigenvalue weighted by molar-refractivity contribution is 5.76. The van der Waals surface area contributed by atoms with Gasteiger partial charge < -0.3 is 10.2 Å². The van der Waals surface area contributed by atoms with Gasteiger partial charge in [-0.2, -0.15) is 0 Å². The lowest BCUT2D eigenvalue weighted by atomic mass is 9.96. The maximum absolute atomic E-state index is 12.1. The van der Waals surface area contributed by atoms with Crippen LogP contribution in [0.3, 0.4) is 0 Å². The molecule has 0 radical (unpaired) electrons. The molecule has 0 aromatic heterocycles. The third-order valence-corrected chi connectivity index (χ3v) is 4.45. The molecule has 1 amide bonds. The molecule has 1 fully saturated rings. The van der Waals surface area contributed by atoms with E-state index in [0.717, 1.165) is 38.4 Å². The van der Waals surface area contributed by atoms with Crippen molar-refractivity contribution in [3.8, 4) is 0 Å². The molecular weight excluding hydrogens is 248 g/mol. The van der Waals surface area contributed by atoms with E-state index in [1.54, 1.807) is 0 Å². The first-order chi connectivity index (χ1) is 9.77. The number of piperidine rings is 1. The molecule has 1 rings (SSSR count). The van der Waals surface area contributed by atoms with E-state index in [2.05, 4.69) is 17.1 Å². The van der Waals surface area contributed by atoms with Gasteiger partial charge in [0, 0.05) is 19.5 Å². The molecule has 1 N–H and O–H groups in total. The molecule has 0 aliphatic carbocycles. The standard InChI is InChI=1S/C17H34N2O/c1-3-4-5-6-7-8-9-10-17(20)19-13-11-16(12-14-19)15-18-2/h16,18H,3-15H2,1-2H3. The summed E-state index contributed by atoms with van der Waals surface area (Å²) in [6, 6.07) is 0. The lowest BCUT2D eigenvalue weighted by molar-refractivity contribution is -0.132. The van der Waals surface area contributed by atoms with Gasteiger partial charge >= 0.3 is 0 Å². The molecule has 0 unspecified atom stereocenters. The van der Waals surface area contributed by atoms with E-state index in [-0.39, 0.29) is 0 Å². The number of hydrogen-bond donors (Lipinski definition) is 1. The Morgan fingerprint density at radius 1 is 1.05 bits per heavy atom. The smallest absolute Gasteiger partial charge is 0.222 e. The van der Waals surface area contributed by atoms with Crippen LogP contribution in [-0.4, -0.2) is 37.5 Å². The van der Waals surface area contributed by atoms with Crippen molar-refractivity contribution in [1.82, 2.24) is 10.2 Å². The first-order valence-corrected chi connectivity index (χ1v) is 8.70. The topological polar surface area (TPSA) is 32.3 Å². The van der Waals surface area contributed by atoms with Crippen molar-refractivity contribution in [3.63, 3.8) is 0 Å². The van der Waals surface area contributed by atoms with Gasteiger partial charge in [-0.05, 0) is 38.8 Å². The Labute approximate surface area is 125 Å². The van der Waals surface area contributed by atoms with Crippen molar-refractivity contribution in [2.75, 3.05) is 26.7 Å². The van der Waals surface area contributed by atoms with Gasteiger partial charge in [0.1, 0.15) is 0 Å². The number of carbonyl (C=O) groups excluding carboxylic acids is 1. The number of likely N-dealkylation sites (tertiary alicyclic amines) is 1. The fraction of sp³-hybridized carbons (Fsp3) is 0.941. The van der Waals surface area contributed by atoms with E-state index in [1.165, 1.54) is 51.4 Å². The Bertz CT molecular complexity index is 247. The van der Waals surface area contributed by atoms with Gasteiger partial charge in [-0.15, -0.1) is 0 Å². The number of nitrogens with one attached hydrogen (secondary N) is 1. The molecule has 3 heteroatoms. The molecule has 0 atom stereocenters. The summed E-state index contributed by atoms with van der Waals surface area (Å²) in [5, 5.41) is 3.24. The minimum Gasteiger partial charge on any atom is -0.343 e. The molecule has 1 aliphatic heterocycles. The SMILES string of the molecule is CCCCCCCCCC(=O)N1CCC(CNC)CC1. The van der Waals surface area contributed by atoms with E-state index >= 15 is 0 Å². The van der Waals surface area contributed by atoms with Crippen LogP contribution in [0.25, 0.3) is 0 Å². The van der Waals surface area contributed by atoms with Crippen molar-refractivity contribution in [1.29, 1.82) is 0 Å². The Kier molecular flexibility index (Phi) is 9.73. The van der Waals surface area contributed by atoms with Crippen LogP contribution in [0.5, 0.6) is 0 Å². The molecule has 0 bridgehead atoms. The second-order valence-corrected chi connectivity index (χ2v) is 6.25. The molecule has 0 aromatic carbocycles. The average Bonchev–Trinajstić information content (AvgIpc) is 2.47. The maximum atomic E-state index is 12.1. The van der Waals surface area contributed by atoms with Crippen molar-refractivity contribution >= 4 is 5.91 Å². The summed E-state index contributed by atoms with van der Waals surface area (Å²) >= 11 is 0. The van der Waals surface area contributed by atoms with E-state index in [0.29, 0.717) is 5.91 Å². The Morgan fingerprint density at radius 2 is 1.65 bits per heavy atom. The number of rotatable bonds is 10. The zero-order valence-corrected chi connectivity index (χ0v) is 13.6. The number of nitrogens with zero attached hydrogens (tertiary/aromatic N) is 1. The number of unbranched alkanes of at least 4 members (excludes halogenated alkanes) is 6. The number of amides is 1. The van der Waals surface area contributed by atoms with Gasteiger partial charge in [-0.25, -0.2) is 0 Å². The Balaban J connectivity index is 2.00. The molecule has 3 nitrogen and oxygen atoms in total. The fourth-order valence-electron chi connectivity index (χ4n) is 3.07. The normalized spacial score (nSPS) is 16.6. The maximum Gasteiger partial charge on any atom is 0.222 e. The third kappa shape index (κ3) is 7.28. The molecule has 1 aliphatic rings. The van der Waals surface area contributed by atoms with Crippen LogP contribution in [0.2, 0.25) is 0 Å². The predicted molar refractivity (Wildman–Crippen MR) is 85.8 cm³/mol. The van der Waals surface area contributed by atoms with E-state index in [1.807, 2.05) is 7.05 Å². The van der Waals surface area contributed by atoms with Gasteiger partial charge in [0.25, 0.3) is 0 Å². The van der Waals surface area contributed by atoms with E-state index < -0.39 is 0 Å². The van der Waals surface area contributed by atoms with Crippen molar-refractivity contribution in [3.05, 3.63) is 0 Å². The molecule has 118 valence electrons. The molecule has 1 heterocycles. The fourth-order valence-corrected chi connectivity index (χ4v) is 3.07. The van der Waals surface area contributed by atoms with Crippen molar-refractivity contribution in [2.24, 2.45) is 5.92 Å². The summed E-state index contributed by atoms with van der Waals surface area (Å²) in [4.78, 5) is 14.2. The van der Waals surface area contributed by atoms with Gasteiger partial charge in [-0.1, -0.05) is 45.4 Å². The minimum atomic E-state index is 0.390. The number of carbonyl (C=O) groups is 1. The highest BCUT2D eigenvalue weighted by atomic mass is 16.2. The summed E-state index contributed by atoms with van der Waals surface area (Å²) < 4.78 is 0. The van der Waals surface area contributed by atoms with Gasteiger partial charge in [0.05, 0.1) is 0 Å². The van der Waals surface area contributed by atoms with Crippen LogP contribution in [0.1, 0.15) is 71.1 Å². The number of hydrogen-bond acceptors (Lipinski definition) is 2. The van der Waals surface area contributed by atoms with E-state index in [9.17, 15) is 4.79 Å². The zero-order chi connectivity index (χ0) is 14.6. The van der Waals surface area contributed by atoms with E-state index in [4.69, 9.17) is 0 Å². The van der Waals surface area contributed by atoms with Gasteiger partial charge in [0.15, 0.2) is 0 Å². The molecule has 20 heavy (non-hydrogen) atoms. The molecule has 0 saturated carbocycles. The highest BCUT2D eigenvalue weighted by Gasteiger charge is 2.21. The minimum absolute atomic E-state index is 0.390. The highest BCUT2D eigenvalue weighted by Crippen LogP contribution is 2.18. The summed E-state index contributed by atoms with van der Waals surface area (Å²) in [7, 11) is 2.01. The predicted octanol–water partition coefficient (Wildman–Crippen LogP) is 3.59. The molecule has 0 spiro atoms. The van der Waals surface area contributed by atoms with Crippen LogP contribution in [0, 0.1) is 5.92 Å².